The van der Waals surface area contributed by atoms with Crippen LogP contribution in [0.25, 0.3) is 0 Å². The van der Waals surface area contributed by atoms with E-state index in [1.807, 2.05) is 34.9 Å². The summed E-state index contributed by atoms with van der Waals surface area (Å²) in [4.78, 5) is 28.6. The molecule has 0 unspecified atom stereocenters. The Morgan fingerprint density at radius 1 is 1.03 bits per heavy atom. The third kappa shape index (κ3) is 3.67. The lowest BCUT2D eigenvalue weighted by Gasteiger charge is -2.52. The van der Waals surface area contributed by atoms with Crippen molar-refractivity contribution in [3.63, 3.8) is 0 Å². The lowest BCUT2D eigenvalue weighted by atomic mass is 9.75. The van der Waals surface area contributed by atoms with Crippen molar-refractivity contribution >= 4 is 11.6 Å². The van der Waals surface area contributed by atoms with Crippen molar-refractivity contribution in [3.8, 4) is 5.75 Å². The van der Waals surface area contributed by atoms with Crippen LogP contribution in [0.4, 0.5) is 5.69 Å². The molecule has 6 nitrogen and oxygen atoms in total. The SMILES string of the molecule is COc1ccc(NC(=O)C2(N3C[C@H]4C[C@@H](C3)c3cccc(=O)n3C4)CCCCC2)cc1. The normalized spacial score (nSPS) is 24.8. The molecule has 1 amide bonds. The molecule has 31 heavy (non-hydrogen) atoms. The van der Waals surface area contributed by atoms with Crippen molar-refractivity contribution in [2.45, 2.75) is 56.5 Å². The molecule has 1 aliphatic carbocycles. The van der Waals surface area contributed by atoms with Crippen LogP contribution in [0.5, 0.6) is 5.75 Å². The zero-order valence-corrected chi connectivity index (χ0v) is 18.2. The molecular weight excluding hydrogens is 390 g/mol. The van der Waals surface area contributed by atoms with Crippen molar-refractivity contribution in [2.24, 2.45) is 5.92 Å². The third-order valence-corrected chi connectivity index (χ3v) is 7.54. The number of hydrogen-bond donors (Lipinski definition) is 1. The average molecular weight is 422 g/mol. The summed E-state index contributed by atoms with van der Waals surface area (Å²) in [5.74, 6) is 1.62. The summed E-state index contributed by atoms with van der Waals surface area (Å²) < 4.78 is 7.20. The fourth-order valence-corrected chi connectivity index (χ4v) is 5.99. The molecule has 2 fully saturated rings. The predicted molar refractivity (Wildman–Crippen MR) is 121 cm³/mol. The number of benzene rings is 1. The zero-order valence-electron chi connectivity index (χ0n) is 18.2. The first-order valence-electron chi connectivity index (χ1n) is 11.5. The number of hydrogen-bond acceptors (Lipinski definition) is 4. The number of pyridine rings is 1. The first-order valence-corrected chi connectivity index (χ1v) is 11.5. The maximum atomic E-state index is 13.7. The molecule has 1 saturated carbocycles. The topological polar surface area (TPSA) is 63.6 Å². The molecule has 6 heteroatoms. The van der Waals surface area contributed by atoms with Crippen LogP contribution >= 0.6 is 0 Å². The molecule has 5 rings (SSSR count). The van der Waals surface area contributed by atoms with E-state index in [9.17, 15) is 9.59 Å². The first-order chi connectivity index (χ1) is 15.1. The summed E-state index contributed by atoms with van der Waals surface area (Å²) in [5.41, 5.74) is 1.58. The predicted octanol–water partition coefficient (Wildman–Crippen LogP) is 3.62. The first kappa shape index (κ1) is 20.3. The fourth-order valence-electron chi connectivity index (χ4n) is 5.99. The van der Waals surface area contributed by atoms with E-state index in [2.05, 4.69) is 16.3 Å². The van der Waals surface area contributed by atoms with Gasteiger partial charge in [0.15, 0.2) is 0 Å². The molecule has 2 atom stereocenters. The van der Waals surface area contributed by atoms with Gasteiger partial charge in [0, 0.05) is 43.0 Å². The van der Waals surface area contributed by atoms with Crippen LogP contribution in [-0.4, -0.2) is 41.1 Å². The standard InChI is InChI=1S/C25H31N3O3/c1-31-21-10-8-20(9-11-21)26-24(30)25(12-3-2-4-13-25)27-15-18-14-19(17-27)22-6-5-7-23(29)28(22)16-18/h5-11,18-19H,2-4,12-17H2,1H3,(H,26,30)/t18-,19+/m1/s1. The molecule has 1 saturated heterocycles. The Balaban J connectivity index is 1.42. The van der Waals surface area contributed by atoms with Gasteiger partial charge in [-0.2, -0.15) is 0 Å². The van der Waals surface area contributed by atoms with E-state index in [1.165, 1.54) is 6.42 Å². The molecule has 2 aromatic rings. The second-order valence-electron chi connectivity index (χ2n) is 9.38. The molecule has 3 aliphatic rings. The van der Waals surface area contributed by atoms with E-state index < -0.39 is 5.54 Å². The van der Waals surface area contributed by atoms with Gasteiger partial charge in [-0.1, -0.05) is 25.3 Å². The largest absolute Gasteiger partial charge is 0.497 e. The van der Waals surface area contributed by atoms with E-state index in [-0.39, 0.29) is 11.5 Å². The quantitative estimate of drug-likeness (QED) is 0.819. The summed E-state index contributed by atoms with van der Waals surface area (Å²) in [6.45, 7) is 2.49. The smallest absolute Gasteiger partial charge is 0.250 e. The number of methoxy groups -OCH3 is 1. The number of ether oxygens (including phenoxy) is 1. The van der Waals surface area contributed by atoms with E-state index in [0.29, 0.717) is 11.8 Å². The summed E-state index contributed by atoms with van der Waals surface area (Å²) in [6.07, 6.45) is 6.26. The Morgan fingerprint density at radius 2 is 1.81 bits per heavy atom. The van der Waals surface area contributed by atoms with Gasteiger partial charge >= 0.3 is 0 Å². The minimum Gasteiger partial charge on any atom is -0.497 e. The summed E-state index contributed by atoms with van der Waals surface area (Å²) >= 11 is 0. The summed E-state index contributed by atoms with van der Waals surface area (Å²) in [7, 11) is 1.64. The minimum absolute atomic E-state index is 0.102. The van der Waals surface area contributed by atoms with Gasteiger partial charge in [0.25, 0.3) is 5.56 Å². The Labute approximate surface area is 183 Å². The number of rotatable bonds is 4. The molecule has 3 heterocycles. The van der Waals surface area contributed by atoms with Crippen molar-refractivity contribution in [1.82, 2.24) is 9.47 Å². The van der Waals surface area contributed by atoms with E-state index in [1.54, 1.807) is 13.2 Å². The zero-order chi connectivity index (χ0) is 21.4. The Hall–Kier alpha value is -2.60. The number of anilines is 1. The van der Waals surface area contributed by atoms with Gasteiger partial charge in [0.2, 0.25) is 5.91 Å². The number of piperidine rings is 1. The van der Waals surface area contributed by atoms with E-state index in [0.717, 1.165) is 68.9 Å². The number of nitrogens with zero attached hydrogens (tertiary/aromatic N) is 2. The molecular formula is C25H31N3O3. The number of amides is 1. The maximum Gasteiger partial charge on any atom is 0.250 e. The van der Waals surface area contributed by atoms with E-state index in [4.69, 9.17) is 4.74 Å². The number of carbonyl (C=O) groups is 1. The van der Waals surface area contributed by atoms with Gasteiger partial charge < -0.3 is 14.6 Å². The highest BCUT2D eigenvalue weighted by Crippen LogP contribution is 2.42. The maximum absolute atomic E-state index is 13.7. The van der Waals surface area contributed by atoms with Crippen molar-refractivity contribution in [1.29, 1.82) is 0 Å². The van der Waals surface area contributed by atoms with Crippen LogP contribution in [-0.2, 0) is 11.3 Å². The van der Waals surface area contributed by atoms with Crippen molar-refractivity contribution < 1.29 is 9.53 Å². The molecule has 1 aromatic carbocycles. The van der Waals surface area contributed by atoms with Crippen LogP contribution in [0, 0.1) is 5.92 Å². The van der Waals surface area contributed by atoms with Crippen LogP contribution in [0.2, 0.25) is 0 Å². The lowest BCUT2D eigenvalue weighted by molar-refractivity contribution is -0.133. The lowest BCUT2D eigenvalue weighted by Crippen LogP contribution is -2.62. The highest BCUT2D eigenvalue weighted by Gasteiger charge is 2.48. The third-order valence-electron chi connectivity index (χ3n) is 7.54. The number of likely N-dealkylation sites (tertiary alicyclic amines) is 1. The minimum atomic E-state index is -0.466. The molecule has 0 radical (unpaired) electrons. The second-order valence-corrected chi connectivity index (χ2v) is 9.38. The summed E-state index contributed by atoms with van der Waals surface area (Å²) in [5, 5.41) is 3.20. The van der Waals surface area contributed by atoms with Gasteiger partial charge in [0.1, 0.15) is 11.3 Å². The fraction of sp³-hybridized carbons (Fsp3) is 0.520. The number of fused-ring (bicyclic) bond motifs is 4. The van der Waals surface area contributed by atoms with Crippen LogP contribution < -0.4 is 15.6 Å². The van der Waals surface area contributed by atoms with Crippen molar-refractivity contribution in [2.75, 3.05) is 25.5 Å². The highest BCUT2D eigenvalue weighted by molar-refractivity contribution is 5.98. The van der Waals surface area contributed by atoms with Gasteiger partial charge in [0.05, 0.1) is 7.11 Å². The molecule has 1 N–H and O–H groups in total. The monoisotopic (exact) mass is 421 g/mol. The molecule has 2 aliphatic heterocycles. The molecule has 2 bridgehead atoms. The highest BCUT2D eigenvalue weighted by atomic mass is 16.5. The van der Waals surface area contributed by atoms with Crippen molar-refractivity contribution in [3.05, 3.63) is 58.5 Å². The van der Waals surface area contributed by atoms with Gasteiger partial charge in [-0.15, -0.1) is 0 Å². The number of nitrogens with one attached hydrogen (secondary N) is 1. The van der Waals surface area contributed by atoms with Gasteiger partial charge in [-0.05, 0) is 55.5 Å². The van der Waals surface area contributed by atoms with Crippen LogP contribution in [0.1, 0.15) is 50.1 Å². The number of carbonyl (C=O) groups excluding carboxylic acids is 1. The van der Waals surface area contributed by atoms with Gasteiger partial charge in [-0.3, -0.25) is 14.5 Å². The second kappa shape index (κ2) is 8.15. The van der Waals surface area contributed by atoms with E-state index >= 15 is 0 Å². The molecule has 164 valence electrons. The van der Waals surface area contributed by atoms with Gasteiger partial charge in [-0.25, -0.2) is 0 Å². The Bertz CT molecular complexity index is 1010. The average Bonchev–Trinajstić information content (AvgIpc) is 2.80. The Morgan fingerprint density at radius 3 is 2.55 bits per heavy atom. The molecule has 1 aromatic heterocycles. The number of aromatic nitrogens is 1. The summed E-state index contributed by atoms with van der Waals surface area (Å²) in [6, 6.07) is 13.2. The van der Waals surface area contributed by atoms with Crippen LogP contribution in [0.15, 0.2) is 47.3 Å². The van der Waals surface area contributed by atoms with Crippen LogP contribution in [0.3, 0.4) is 0 Å². The Kier molecular flexibility index (Phi) is 5.34. The molecule has 0 spiro atoms.